The summed E-state index contributed by atoms with van der Waals surface area (Å²) >= 11 is 0. The Morgan fingerprint density at radius 2 is 1.33 bits per heavy atom. The minimum Gasteiger partial charge on any atom is -0.550 e. The van der Waals surface area contributed by atoms with Crippen molar-refractivity contribution in [2.45, 2.75) is 70.6 Å². The Bertz CT molecular complexity index is 300. The van der Waals surface area contributed by atoms with Gasteiger partial charge in [-0.15, -0.1) is 0 Å². The van der Waals surface area contributed by atoms with Crippen molar-refractivity contribution in [2.75, 3.05) is 20.6 Å². The lowest BCUT2D eigenvalue weighted by Crippen LogP contribution is -2.38. The molecule has 0 aromatic heterocycles. The molecule has 0 saturated heterocycles. The molecule has 0 aromatic carbocycles. The van der Waals surface area contributed by atoms with Crippen LogP contribution in [-0.2, 0) is 4.79 Å². The maximum absolute atomic E-state index is 10.2. The first kappa shape index (κ1) is 19.7. The van der Waals surface area contributed by atoms with E-state index in [0.717, 1.165) is 38.2 Å². The molecule has 0 rings (SSSR count). The van der Waals surface area contributed by atoms with Gasteiger partial charge in [0.2, 0.25) is 0 Å². The van der Waals surface area contributed by atoms with Crippen LogP contribution in [0, 0.1) is 0 Å². The van der Waals surface area contributed by atoms with Gasteiger partial charge < -0.3 is 9.90 Å². The Kier molecular flexibility index (Phi) is 12.9. The number of guanidine groups is 1. The molecule has 0 aliphatic heterocycles. The number of nitrogens with one attached hydrogen (secondary N) is 1. The van der Waals surface area contributed by atoms with Gasteiger partial charge in [0.15, 0.2) is 0 Å². The smallest absolute Gasteiger partial charge is 0.342 e. The zero-order chi connectivity index (χ0) is 15.9. The van der Waals surface area contributed by atoms with Crippen molar-refractivity contribution in [1.29, 1.82) is 0 Å². The Balaban J connectivity index is 3.13. The lowest BCUT2D eigenvalue weighted by molar-refractivity contribution is -0.467. The van der Waals surface area contributed by atoms with Crippen molar-refractivity contribution >= 4 is 11.9 Å². The van der Waals surface area contributed by atoms with Crippen molar-refractivity contribution < 1.29 is 14.5 Å². The van der Waals surface area contributed by atoms with Gasteiger partial charge in [-0.3, -0.25) is 15.6 Å². The quantitative estimate of drug-likeness (QED) is 0.232. The predicted octanol–water partition coefficient (Wildman–Crippen LogP) is 1.20. The van der Waals surface area contributed by atoms with Crippen LogP contribution in [-0.4, -0.2) is 37.1 Å². The van der Waals surface area contributed by atoms with E-state index in [1.807, 2.05) is 18.7 Å². The van der Waals surface area contributed by atoms with E-state index in [0.29, 0.717) is 0 Å². The second kappa shape index (κ2) is 13.7. The van der Waals surface area contributed by atoms with Gasteiger partial charge in [0.05, 0.1) is 20.6 Å². The number of rotatable bonds is 13. The van der Waals surface area contributed by atoms with E-state index in [1.54, 1.807) is 0 Å². The zero-order valence-electron chi connectivity index (χ0n) is 13.8. The second-order valence-corrected chi connectivity index (χ2v) is 5.86. The highest BCUT2D eigenvalue weighted by molar-refractivity contribution is 5.72. The molecule has 0 aliphatic rings. The molecule has 5 heteroatoms. The lowest BCUT2D eigenvalue weighted by Gasteiger charge is -2.04. The number of carbonyl (C=O) groups excluding carboxylic acids is 1. The summed E-state index contributed by atoms with van der Waals surface area (Å²) in [5.74, 6) is -0.192. The number of aliphatic carboxylic acids is 1. The number of hydrogen-bond donors (Lipinski definition) is 2. The first-order valence-corrected chi connectivity index (χ1v) is 8.27. The molecule has 0 aromatic rings. The molecule has 0 heterocycles. The fraction of sp³-hybridized carbons (Fsp3) is 0.875. The lowest BCUT2D eigenvalue weighted by atomic mass is 10.1. The second-order valence-electron chi connectivity index (χ2n) is 5.86. The molecule has 0 amide bonds. The summed E-state index contributed by atoms with van der Waals surface area (Å²) in [5, 5.41) is 13.4. The van der Waals surface area contributed by atoms with Gasteiger partial charge in [-0.1, -0.05) is 51.4 Å². The van der Waals surface area contributed by atoms with Crippen molar-refractivity contribution in [3.8, 4) is 0 Å². The average Bonchev–Trinajstić information content (AvgIpc) is 2.43. The number of nitrogens with two attached hydrogens (primary N) is 1. The van der Waals surface area contributed by atoms with Crippen molar-refractivity contribution in [3.63, 3.8) is 0 Å². The van der Waals surface area contributed by atoms with Crippen molar-refractivity contribution in [2.24, 2.45) is 5.73 Å². The minimum absolute atomic E-state index is 0.212. The maximum atomic E-state index is 10.2. The SMILES string of the molecule is C[N+](C)=C(N)NCCCCCCCCCCCCC(=O)[O-]. The molecular formula is C16H33N3O2. The van der Waals surface area contributed by atoms with E-state index >= 15 is 0 Å². The number of carboxylic acids is 1. The van der Waals surface area contributed by atoms with Crippen LogP contribution in [0.5, 0.6) is 0 Å². The summed E-state index contributed by atoms with van der Waals surface area (Å²) < 4.78 is 1.88. The van der Waals surface area contributed by atoms with Crippen LogP contribution in [0.3, 0.4) is 0 Å². The Morgan fingerprint density at radius 3 is 1.76 bits per heavy atom. The fourth-order valence-corrected chi connectivity index (χ4v) is 2.18. The molecule has 0 bridgehead atoms. The monoisotopic (exact) mass is 299 g/mol. The molecule has 5 nitrogen and oxygen atoms in total. The van der Waals surface area contributed by atoms with Gasteiger partial charge >= 0.3 is 5.96 Å². The third kappa shape index (κ3) is 15.0. The van der Waals surface area contributed by atoms with Crippen LogP contribution in [0.4, 0.5) is 0 Å². The summed E-state index contributed by atoms with van der Waals surface area (Å²) in [6.45, 7) is 0.947. The molecule has 0 atom stereocenters. The van der Waals surface area contributed by atoms with E-state index in [-0.39, 0.29) is 6.42 Å². The Labute approximate surface area is 129 Å². The van der Waals surface area contributed by atoms with E-state index in [9.17, 15) is 9.90 Å². The summed E-state index contributed by atoms with van der Waals surface area (Å²) in [6, 6.07) is 0. The first-order valence-electron chi connectivity index (χ1n) is 8.27. The molecule has 0 fully saturated rings. The van der Waals surface area contributed by atoms with Crippen LogP contribution in [0.15, 0.2) is 0 Å². The van der Waals surface area contributed by atoms with Crippen LogP contribution in [0.1, 0.15) is 70.6 Å². The highest BCUT2D eigenvalue weighted by atomic mass is 16.4. The molecule has 3 N–H and O–H groups in total. The molecule has 0 unspecified atom stereocenters. The molecular weight excluding hydrogens is 266 g/mol. The number of unbranched alkanes of at least 4 members (excludes halogenated alkanes) is 9. The predicted molar refractivity (Wildman–Crippen MR) is 85.1 cm³/mol. The summed E-state index contributed by atoms with van der Waals surface area (Å²) in [6.07, 6.45) is 11.9. The highest BCUT2D eigenvalue weighted by Gasteiger charge is 1.99. The summed E-state index contributed by atoms with van der Waals surface area (Å²) in [5.41, 5.74) is 5.76. The molecule has 0 saturated carbocycles. The average molecular weight is 299 g/mol. The molecule has 124 valence electrons. The largest absolute Gasteiger partial charge is 0.550 e. The van der Waals surface area contributed by atoms with Crippen LogP contribution in [0.25, 0.3) is 0 Å². The zero-order valence-corrected chi connectivity index (χ0v) is 13.8. The highest BCUT2D eigenvalue weighted by Crippen LogP contribution is 2.10. The molecule has 0 spiro atoms. The first-order chi connectivity index (χ1) is 10.0. The van der Waals surface area contributed by atoms with Gasteiger partial charge in [-0.2, -0.15) is 0 Å². The van der Waals surface area contributed by atoms with E-state index in [2.05, 4.69) is 5.32 Å². The van der Waals surface area contributed by atoms with Gasteiger partial charge in [0.25, 0.3) is 0 Å². The third-order valence-corrected chi connectivity index (χ3v) is 3.60. The van der Waals surface area contributed by atoms with E-state index in [4.69, 9.17) is 5.73 Å². The topological polar surface area (TPSA) is 81.2 Å². The molecule has 21 heavy (non-hydrogen) atoms. The maximum Gasteiger partial charge on any atom is 0.342 e. The van der Waals surface area contributed by atoms with Crippen molar-refractivity contribution in [3.05, 3.63) is 0 Å². The summed E-state index contributed by atoms with van der Waals surface area (Å²) in [7, 11) is 3.86. The van der Waals surface area contributed by atoms with Gasteiger partial charge in [0.1, 0.15) is 0 Å². The Hall–Kier alpha value is -1.26. The van der Waals surface area contributed by atoms with E-state index < -0.39 is 5.97 Å². The van der Waals surface area contributed by atoms with Crippen LogP contribution in [0.2, 0.25) is 0 Å². The fourth-order valence-electron chi connectivity index (χ4n) is 2.18. The minimum atomic E-state index is -0.922. The van der Waals surface area contributed by atoms with Gasteiger partial charge in [-0.25, -0.2) is 0 Å². The van der Waals surface area contributed by atoms with Crippen LogP contribution >= 0.6 is 0 Å². The van der Waals surface area contributed by atoms with Crippen molar-refractivity contribution in [1.82, 2.24) is 5.32 Å². The standard InChI is InChI=1S/C16H33N3O2/c1-19(2)16(17)18-14-12-10-8-6-4-3-5-7-9-11-13-15(20)21/h3-14H2,1-2H3,(H3,17,18,20,21). The number of nitrogens with zero attached hydrogens (tertiary/aromatic N) is 1. The van der Waals surface area contributed by atoms with Crippen LogP contribution < -0.4 is 16.2 Å². The summed E-state index contributed by atoms with van der Waals surface area (Å²) in [4.78, 5) is 10.2. The van der Waals surface area contributed by atoms with Gasteiger partial charge in [0, 0.05) is 5.97 Å². The number of carboxylic acid groups (broad SMARTS) is 1. The number of hydrogen-bond acceptors (Lipinski definition) is 2. The molecule has 0 aliphatic carbocycles. The van der Waals surface area contributed by atoms with E-state index in [1.165, 1.54) is 38.5 Å². The normalized spacial score (nSPS) is 10.4. The van der Waals surface area contributed by atoms with Gasteiger partial charge in [-0.05, 0) is 19.3 Å². The third-order valence-electron chi connectivity index (χ3n) is 3.60. The Morgan fingerprint density at radius 1 is 0.905 bits per heavy atom. The molecule has 0 radical (unpaired) electrons. The number of carbonyl (C=O) groups is 1.